The van der Waals surface area contributed by atoms with Crippen LogP contribution in [0.15, 0.2) is 146 Å². The molecule has 0 fully saturated rings. The summed E-state index contributed by atoms with van der Waals surface area (Å²) in [4.78, 5) is 2.56. The minimum Gasteiger partial charge on any atom is -0.337 e. The van der Waals surface area contributed by atoms with Gasteiger partial charge in [-0.25, -0.2) is 0 Å². The van der Waals surface area contributed by atoms with Crippen molar-refractivity contribution in [2.75, 3.05) is 4.90 Å². The predicted octanol–water partition coefficient (Wildman–Crippen LogP) is 5.89. The molecule has 5 aromatic carbocycles. The Bertz CT molecular complexity index is 1680. The largest absolute Gasteiger partial charge is 0.337 e. The summed E-state index contributed by atoms with van der Waals surface area (Å²) in [7, 11) is -2.83. The van der Waals surface area contributed by atoms with Gasteiger partial charge in [0.05, 0.1) is 11.6 Å². The minimum atomic E-state index is -2.83. The summed E-state index contributed by atoms with van der Waals surface area (Å²) in [5.41, 5.74) is 4.70. The molecular weight excluding hydrogens is 501 g/mol. The van der Waals surface area contributed by atoms with Crippen LogP contribution >= 0.6 is 0 Å². The number of benzene rings is 5. The molecule has 2 unspecified atom stereocenters. The summed E-state index contributed by atoms with van der Waals surface area (Å²) in [6.07, 6.45) is 7.03. The van der Waals surface area contributed by atoms with Crippen LogP contribution in [0.2, 0.25) is 0 Å². The van der Waals surface area contributed by atoms with Crippen LogP contribution in [0.3, 0.4) is 0 Å². The molecule has 192 valence electrons. The SMILES string of the molecule is N#Cc1ccccc1[Si](c1ccccc1)(c1ccccc1)c1ccc2c(c1)C1C=CCCC1N2c1ccccc1. The maximum Gasteiger partial charge on any atom is 0.180 e. The topological polar surface area (TPSA) is 27.0 Å². The highest BCUT2D eigenvalue weighted by atomic mass is 28.3. The van der Waals surface area contributed by atoms with Crippen LogP contribution < -0.4 is 25.6 Å². The fraction of sp³-hybridized carbons (Fsp3) is 0.108. The van der Waals surface area contributed by atoms with Gasteiger partial charge < -0.3 is 4.90 Å². The van der Waals surface area contributed by atoms with E-state index in [-0.39, 0.29) is 0 Å². The molecule has 2 atom stereocenters. The molecule has 0 saturated heterocycles. The average molecular weight is 531 g/mol. The van der Waals surface area contributed by atoms with Gasteiger partial charge in [0.15, 0.2) is 8.07 Å². The van der Waals surface area contributed by atoms with Gasteiger partial charge in [0.25, 0.3) is 0 Å². The van der Waals surface area contributed by atoms with Crippen LogP contribution in [0.5, 0.6) is 0 Å². The lowest BCUT2D eigenvalue weighted by atomic mass is 9.87. The third-order valence-electron chi connectivity index (χ3n) is 8.70. The molecule has 0 bridgehead atoms. The van der Waals surface area contributed by atoms with Crippen LogP contribution in [-0.4, -0.2) is 14.1 Å². The molecule has 7 rings (SSSR count). The van der Waals surface area contributed by atoms with E-state index < -0.39 is 8.07 Å². The molecule has 2 aliphatic rings. The van der Waals surface area contributed by atoms with E-state index in [9.17, 15) is 5.26 Å². The molecule has 5 aromatic rings. The number of allylic oxidation sites excluding steroid dienone is 1. The van der Waals surface area contributed by atoms with E-state index in [0.717, 1.165) is 23.6 Å². The smallest absolute Gasteiger partial charge is 0.180 e. The first-order valence-corrected chi connectivity index (χ1v) is 16.1. The van der Waals surface area contributed by atoms with Crippen LogP contribution in [-0.2, 0) is 0 Å². The number of hydrogen-bond acceptors (Lipinski definition) is 2. The van der Waals surface area contributed by atoms with E-state index in [1.165, 1.54) is 32.5 Å². The third kappa shape index (κ3) is 3.76. The second-order valence-electron chi connectivity index (χ2n) is 10.7. The van der Waals surface area contributed by atoms with Crippen molar-refractivity contribution < 1.29 is 0 Å². The number of fused-ring (bicyclic) bond motifs is 3. The van der Waals surface area contributed by atoms with E-state index in [4.69, 9.17) is 0 Å². The standard InChI is InChI=1S/C37H30N2Si/c38-27-28-14-10-13-23-37(28)40(30-17-6-2-7-18-30,31-19-8-3-9-20-31)32-24-25-36-34(26-32)33-21-11-12-22-35(33)39(36)29-15-4-1-5-16-29/h1-11,13-21,23-26,33,35H,12,22H2. The maximum absolute atomic E-state index is 10.3. The van der Waals surface area contributed by atoms with Gasteiger partial charge in [-0.15, -0.1) is 0 Å². The van der Waals surface area contributed by atoms with Gasteiger partial charge in [0.2, 0.25) is 0 Å². The second kappa shape index (κ2) is 10.1. The molecule has 2 nitrogen and oxygen atoms in total. The Kier molecular flexibility index (Phi) is 6.19. The van der Waals surface area contributed by atoms with Gasteiger partial charge >= 0.3 is 0 Å². The number of nitrogens with zero attached hydrogens (tertiary/aromatic N) is 2. The first-order chi connectivity index (χ1) is 19.8. The van der Waals surface area contributed by atoms with Gasteiger partial charge in [-0.2, -0.15) is 5.26 Å². The highest BCUT2D eigenvalue weighted by Crippen LogP contribution is 2.48. The van der Waals surface area contributed by atoms with Crippen molar-refractivity contribution in [1.82, 2.24) is 0 Å². The summed E-state index contributed by atoms with van der Waals surface area (Å²) in [5, 5.41) is 15.4. The quantitative estimate of drug-likeness (QED) is 0.161. The molecule has 0 saturated carbocycles. The van der Waals surface area contributed by atoms with Crippen molar-refractivity contribution in [1.29, 1.82) is 5.26 Å². The van der Waals surface area contributed by atoms with Crippen LogP contribution in [0.25, 0.3) is 0 Å². The van der Waals surface area contributed by atoms with E-state index in [1.54, 1.807) is 0 Å². The molecular formula is C37H30N2Si. The molecule has 0 radical (unpaired) electrons. The minimum absolute atomic E-state index is 0.341. The number of rotatable bonds is 5. The Labute approximate surface area is 237 Å². The molecule has 0 spiro atoms. The van der Waals surface area contributed by atoms with E-state index >= 15 is 0 Å². The zero-order valence-corrected chi connectivity index (χ0v) is 23.3. The molecule has 0 aromatic heterocycles. The zero-order chi connectivity index (χ0) is 26.9. The summed E-state index contributed by atoms with van der Waals surface area (Å²) < 4.78 is 0. The molecule has 3 heteroatoms. The fourth-order valence-corrected chi connectivity index (χ4v) is 12.0. The number of anilines is 2. The lowest BCUT2D eigenvalue weighted by Gasteiger charge is -2.35. The van der Waals surface area contributed by atoms with Crippen LogP contribution in [0.4, 0.5) is 11.4 Å². The van der Waals surface area contributed by atoms with Crippen LogP contribution in [0.1, 0.15) is 29.9 Å². The van der Waals surface area contributed by atoms with Crippen molar-refractivity contribution in [3.63, 3.8) is 0 Å². The van der Waals surface area contributed by atoms with Gasteiger partial charge in [0.1, 0.15) is 0 Å². The highest BCUT2D eigenvalue weighted by Gasteiger charge is 2.45. The van der Waals surface area contributed by atoms with Crippen LogP contribution in [0, 0.1) is 11.3 Å². The lowest BCUT2D eigenvalue weighted by molar-refractivity contribution is 0.565. The normalized spacial score (nSPS) is 17.6. The molecule has 0 amide bonds. The van der Waals surface area contributed by atoms with Gasteiger partial charge in [-0.05, 0) is 63.4 Å². The lowest BCUT2D eigenvalue weighted by Crippen LogP contribution is -2.75. The van der Waals surface area contributed by atoms with E-state index in [1.807, 2.05) is 12.1 Å². The summed E-state index contributed by atoms with van der Waals surface area (Å²) in [5.74, 6) is 0.341. The molecule has 40 heavy (non-hydrogen) atoms. The van der Waals surface area contributed by atoms with Crippen molar-refractivity contribution in [2.45, 2.75) is 24.8 Å². The monoisotopic (exact) mass is 530 g/mol. The van der Waals surface area contributed by atoms with Gasteiger partial charge in [-0.3, -0.25) is 0 Å². The Balaban J connectivity index is 1.54. The number of nitriles is 1. The first kappa shape index (κ1) is 24.4. The molecule has 1 aliphatic carbocycles. The zero-order valence-electron chi connectivity index (χ0n) is 22.3. The Morgan fingerprint density at radius 3 is 1.98 bits per heavy atom. The van der Waals surface area contributed by atoms with Crippen molar-refractivity contribution in [3.8, 4) is 6.07 Å². The summed E-state index contributed by atoms with van der Waals surface area (Å²) in [6, 6.07) is 51.0. The van der Waals surface area contributed by atoms with Crippen molar-refractivity contribution in [2.24, 2.45) is 0 Å². The predicted molar refractivity (Wildman–Crippen MR) is 168 cm³/mol. The van der Waals surface area contributed by atoms with E-state index in [0.29, 0.717) is 12.0 Å². The van der Waals surface area contributed by atoms with E-state index in [2.05, 4.69) is 144 Å². The molecule has 0 N–H and O–H groups in total. The molecule has 1 heterocycles. The van der Waals surface area contributed by atoms with Crippen molar-refractivity contribution >= 4 is 40.2 Å². The van der Waals surface area contributed by atoms with Gasteiger partial charge in [0, 0.05) is 23.3 Å². The van der Waals surface area contributed by atoms with Crippen molar-refractivity contribution in [3.05, 3.63) is 157 Å². The third-order valence-corrected chi connectivity index (χ3v) is 13.5. The average Bonchev–Trinajstić information content (AvgIpc) is 3.37. The Hall–Kier alpha value is -4.65. The molecule has 1 aliphatic heterocycles. The van der Waals surface area contributed by atoms with Gasteiger partial charge in [-0.1, -0.05) is 121 Å². The highest BCUT2D eigenvalue weighted by molar-refractivity contribution is 7.20. The number of hydrogen-bond donors (Lipinski definition) is 0. The Morgan fingerprint density at radius 1 is 0.675 bits per heavy atom. The summed E-state index contributed by atoms with van der Waals surface area (Å²) in [6.45, 7) is 0. The maximum atomic E-state index is 10.3. The fourth-order valence-electron chi connectivity index (χ4n) is 7.04. The summed E-state index contributed by atoms with van der Waals surface area (Å²) >= 11 is 0. The first-order valence-electron chi connectivity index (χ1n) is 14.1. The number of para-hydroxylation sites is 1. The Morgan fingerprint density at radius 2 is 1.30 bits per heavy atom. The second-order valence-corrected chi connectivity index (χ2v) is 14.5.